The van der Waals surface area contributed by atoms with Gasteiger partial charge in [-0.05, 0) is 43.9 Å². The molecule has 2 fully saturated rings. The predicted octanol–water partition coefficient (Wildman–Crippen LogP) is 4.39. The van der Waals surface area contributed by atoms with Crippen molar-refractivity contribution in [3.63, 3.8) is 0 Å². The van der Waals surface area contributed by atoms with Gasteiger partial charge in [0.25, 0.3) is 5.69 Å². The van der Waals surface area contributed by atoms with E-state index >= 15 is 0 Å². The third-order valence-electron chi connectivity index (χ3n) is 5.51. The van der Waals surface area contributed by atoms with Crippen molar-refractivity contribution in [2.24, 2.45) is 0 Å². The highest BCUT2D eigenvalue weighted by molar-refractivity contribution is 5.47. The fraction of sp³-hybridized carbons (Fsp3) is 0.455. The van der Waals surface area contributed by atoms with Gasteiger partial charge in [0.05, 0.1) is 4.92 Å². The Kier molecular flexibility index (Phi) is 5.22. The first-order valence-corrected chi connectivity index (χ1v) is 9.90. The lowest BCUT2D eigenvalue weighted by Gasteiger charge is -2.28. The number of likely N-dealkylation sites (tertiary alicyclic amines) is 1. The van der Waals surface area contributed by atoms with Gasteiger partial charge in [-0.3, -0.25) is 15.0 Å². The molecule has 0 N–H and O–H groups in total. The zero-order chi connectivity index (χ0) is 19.6. The number of hydrogen-bond donors (Lipinski definition) is 0. The summed E-state index contributed by atoms with van der Waals surface area (Å²) in [5.74, 6) is 2.09. The van der Waals surface area contributed by atoms with Crippen LogP contribution in [0.5, 0.6) is 11.5 Å². The molecule has 1 unspecified atom stereocenters. The largest absolute Gasteiger partial charge is 0.492 e. The van der Waals surface area contributed by atoms with Gasteiger partial charge in [0.1, 0.15) is 23.7 Å². The molecule has 1 saturated carbocycles. The lowest BCUT2D eigenvalue weighted by Crippen LogP contribution is -2.37. The maximum atomic E-state index is 11.1. The fourth-order valence-electron chi connectivity index (χ4n) is 3.83. The van der Waals surface area contributed by atoms with E-state index in [1.54, 1.807) is 18.2 Å². The van der Waals surface area contributed by atoms with Gasteiger partial charge in [0.15, 0.2) is 0 Å². The zero-order valence-electron chi connectivity index (χ0n) is 16.2. The summed E-state index contributed by atoms with van der Waals surface area (Å²) in [4.78, 5) is 13.1. The number of nitrogens with zero attached hydrogens (tertiary/aromatic N) is 2. The van der Waals surface area contributed by atoms with E-state index in [0.717, 1.165) is 56.0 Å². The van der Waals surface area contributed by atoms with E-state index in [9.17, 15) is 10.1 Å². The number of ether oxygens (including phenoxy) is 2. The molecule has 2 aromatic carbocycles. The van der Waals surface area contributed by atoms with E-state index in [0.29, 0.717) is 12.5 Å². The summed E-state index contributed by atoms with van der Waals surface area (Å²) in [7, 11) is 0. The summed E-state index contributed by atoms with van der Waals surface area (Å²) < 4.78 is 12.2. The van der Waals surface area contributed by atoms with E-state index < -0.39 is 0 Å². The highest BCUT2D eigenvalue weighted by Crippen LogP contribution is 2.46. The van der Waals surface area contributed by atoms with Crippen LogP contribution in [-0.2, 0) is 0 Å². The minimum atomic E-state index is -0.332. The molecule has 2 aromatic rings. The normalized spacial score (nSPS) is 22.2. The minimum Gasteiger partial charge on any atom is -0.492 e. The summed E-state index contributed by atoms with van der Waals surface area (Å²) in [6, 6.07) is 14.9. The summed E-state index contributed by atoms with van der Waals surface area (Å²) >= 11 is 0. The van der Waals surface area contributed by atoms with Gasteiger partial charge in [-0.1, -0.05) is 18.2 Å². The second kappa shape index (κ2) is 7.80. The average molecular weight is 382 g/mol. The van der Waals surface area contributed by atoms with Gasteiger partial charge < -0.3 is 9.47 Å². The Morgan fingerprint density at radius 3 is 2.71 bits per heavy atom. The van der Waals surface area contributed by atoms with Crippen LogP contribution >= 0.6 is 0 Å². The molecular formula is C22H26N2O4. The molecule has 1 aliphatic carbocycles. The van der Waals surface area contributed by atoms with Crippen LogP contribution in [0.3, 0.4) is 0 Å². The van der Waals surface area contributed by atoms with Gasteiger partial charge in [-0.2, -0.15) is 0 Å². The second-order valence-corrected chi connectivity index (χ2v) is 7.99. The van der Waals surface area contributed by atoms with Crippen molar-refractivity contribution in [3.05, 3.63) is 64.2 Å². The van der Waals surface area contributed by atoms with Crippen LogP contribution in [0, 0.1) is 10.1 Å². The summed E-state index contributed by atoms with van der Waals surface area (Å²) in [6.45, 7) is 5.41. The molecule has 0 aromatic heterocycles. The lowest BCUT2D eigenvalue weighted by atomic mass is 10.0. The molecule has 0 bridgehead atoms. The van der Waals surface area contributed by atoms with Gasteiger partial charge in [0.2, 0.25) is 0 Å². The number of para-hydroxylation sites is 1. The quantitative estimate of drug-likeness (QED) is 0.500. The van der Waals surface area contributed by atoms with E-state index in [1.165, 1.54) is 0 Å². The van der Waals surface area contributed by atoms with Crippen molar-refractivity contribution in [3.8, 4) is 11.5 Å². The van der Waals surface area contributed by atoms with Crippen molar-refractivity contribution < 1.29 is 14.4 Å². The van der Waals surface area contributed by atoms with Gasteiger partial charge in [-0.25, -0.2) is 0 Å². The number of rotatable bonds is 8. The molecule has 6 nitrogen and oxygen atoms in total. The first kappa shape index (κ1) is 18.7. The molecule has 4 rings (SSSR count). The molecule has 28 heavy (non-hydrogen) atoms. The standard InChI is InChI=1S/C22H26N2O4/c1-22(11-12-23(16-22)13-14-27-19-5-3-2-4-6-19)28-21-10-9-18(24(25)26)15-20(21)17-7-8-17/h2-6,9-10,15,17H,7-8,11-14,16H2,1H3. The third-order valence-corrected chi connectivity index (χ3v) is 5.51. The predicted molar refractivity (Wildman–Crippen MR) is 107 cm³/mol. The van der Waals surface area contributed by atoms with Crippen molar-refractivity contribution in [2.45, 2.75) is 37.7 Å². The van der Waals surface area contributed by atoms with Crippen LogP contribution in [0.1, 0.15) is 37.7 Å². The lowest BCUT2D eigenvalue weighted by molar-refractivity contribution is -0.384. The summed E-state index contributed by atoms with van der Waals surface area (Å²) in [5, 5.41) is 11.1. The topological polar surface area (TPSA) is 64.8 Å². The molecule has 1 heterocycles. The van der Waals surface area contributed by atoms with Crippen LogP contribution < -0.4 is 9.47 Å². The van der Waals surface area contributed by atoms with E-state index in [-0.39, 0.29) is 16.2 Å². The number of non-ortho nitro benzene ring substituents is 1. The Hall–Kier alpha value is -2.60. The molecule has 0 amide bonds. The molecular weight excluding hydrogens is 356 g/mol. The first-order valence-electron chi connectivity index (χ1n) is 9.90. The van der Waals surface area contributed by atoms with Crippen molar-refractivity contribution in [2.75, 3.05) is 26.2 Å². The highest BCUT2D eigenvalue weighted by atomic mass is 16.6. The Morgan fingerprint density at radius 2 is 2.00 bits per heavy atom. The number of hydrogen-bond acceptors (Lipinski definition) is 5. The first-order chi connectivity index (χ1) is 13.5. The second-order valence-electron chi connectivity index (χ2n) is 7.99. The molecule has 6 heteroatoms. The smallest absolute Gasteiger partial charge is 0.269 e. The maximum absolute atomic E-state index is 11.1. The third kappa shape index (κ3) is 4.44. The van der Waals surface area contributed by atoms with Gasteiger partial charge in [0, 0.05) is 43.8 Å². The SMILES string of the molecule is CC1(Oc2ccc([N+](=O)[O-])cc2C2CC2)CCN(CCOc2ccccc2)C1. The van der Waals surface area contributed by atoms with Crippen LogP contribution in [0.25, 0.3) is 0 Å². The van der Waals surface area contributed by atoms with Crippen molar-refractivity contribution in [1.29, 1.82) is 0 Å². The monoisotopic (exact) mass is 382 g/mol. The van der Waals surface area contributed by atoms with Crippen LogP contribution in [0.4, 0.5) is 5.69 Å². The Bertz CT molecular complexity index is 838. The van der Waals surface area contributed by atoms with E-state index in [2.05, 4.69) is 11.8 Å². The molecule has 148 valence electrons. The molecule has 1 aliphatic heterocycles. The van der Waals surface area contributed by atoms with Crippen LogP contribution in [0.2, 0.25) is 0 Å². The number of nitro benzene ring substituents is 1. The number of benzene rings is 2. The van der Waals surface area contributed by atoms with Gasteiger partial charge >= 0.3 is 0 Å². The number of nitro groups is 1. The summed E-state index contributed by atoms with van der Waals surface area (Å²) in [5.41, 5.74) is 0.846. The highest BCUT2D eigenvalue weighted by Gasteiger charge is 2.37. The average Bonchev–Trinajstić information content (AvgIpc) is 3.46. The van der Waals surface area contributed by atoms with Crippen molar-refractivity contribution >= 4 is 5.69 Å². The van der Waals surface area contributed by atoms with Gasteiger partial charge in [-0.15, -0.1) is 0 Å². The molecule has 1 saturated heterocycles. The molecule has 1 atom stereocenters. The van der Waals surface area contributed by atoms with Crippen LogP contribution in [-0.4, -0.2) is 41.7 Å². The van der Waals surface area contributed by atoms with Crippen LogP contribution in [0.15, 0.2) is 48.5 Å². The maximum Gasteiger partial charge on any atom is 0.269 e. The van der Waals surface area contributed by atoms with E-state index in [1.807, 2.05) is 30.3 Å². The zero-order valence-corrected chi connectivity index (χ0v) is 16.2. The summed E-state index contributed by atoms with van der Waals surface area (Å²) in [6.07, 6.45) is 3.09. The van der Waals surface area contributed by atoms with E-state index in [4.69, 9.17) is 9.47 Å². The molecule has 0 radical (unpaired) electrons. The van der Waals surface area contributed by atoms with Crippen molar-refractivity contribution in [1.82, 2.24) is 4.90 Å². The minimum absolute atomic E-state index is 0.144. The Morgan fingerprint density at radius 1 is 1.21 bits per heavy atom. The molecule has 0 spiro atoms. The molecule has 2 aliphatic rings. The Labute approximate surface area is 165 Å². The Balaban J connectivity index is 1.35. The fourth-order valence-corrected chi connectivity index (χ4v) is 3.83.